The zero-order chi connectivity index (χ0) is 20.9. The predicted molar refractivity (Wildman–Crippen MR) is 94.8 cm³/mol. The molecule has 2 unspecified atom stereocenters. The van der Waals surface area contributed by atoms with Crippen molar-refractivity contribution in [3.05, 3.63) is 33.1 Å². The summed E-state index contributed by atoms with van der Waals surface area (Å²) in [5, 5.41) is 2.28. The van der Waals surface area contributed by atoms with Crippen LogP contribution in [0.2, 0.25) is 0 Å². The molecular weight excluding hydrogens is 397 g/mol. The molecule has 28 heavy (non-hydrogen) atoms. The third kappa shape index (κ3) is 5.54. The minimum atomic E-state index is -3.99. The van der Waals surface area contributed by atoms with Gasteiger partial charge < -0.3 is 24.4 Å². The monoisotopic (exact) mass is 417 g/mol. The molecule has 13 heteroatoms. The molecule has 154 valence electrons. The Morgan fingerprint density at radius 2 is 2.21 bits per heavy atom. The van der Waals surface area contributed by atoms with Crippen LogP contribution in [0.15, 0.2) is 21.9 Å². The van der Waals surface area contributed by atoms with Crippen LogP contribution in [0.3, 0.4) is 0 Å². The molecule has 1 amide bonds. The van der Waals surface area contributed by atoms with E-state index in [1.807, 2.05) is 0 Å². The molecule has 1 aromatic heterocycles. The Morgan fingerprint density at radius 1 is 1.50 bits per heavy atom. The van der Waals surface area contributed by atoms with Gasteiger partial charge in [-0.15, -0.1) is 6.42 Å². The van der Waals surface area contributed by atoms with Crippen molar-refractivity contribution in [2.45, 2.75) is 24.5 Å². The molecule has 5 atom stereocenters. The minimum Gasteiger partial charge on any atom is -0.447 e. The number of nitrogens with one attached hydrogen (secondary N) is 2. The van der Waals surface area contributed by atoms with E-state index in [0.717, 1.165) is 17.3 Å². The number of rotatable bonds is 7. The summed E-state index contributed by atoms with van der Waals surface area (Å²) < 4.78 is 34.0. The Hall–Kier alpha value is -2.42. The van der Waals surface area contributed by atoms with Crippen molar-refractivity contribution in [2.75, 3.05) is 26.9 Å². The second kappa shape index (κ2) is 9.18. The molecule has 0 bridgehead atoms. The van der Waals surface area contributed by atoms with E-state index >= 15 is 0 Å². The summed E-state index contributed by atoms with van der Waals surface area (Å²) in [6.45, 7) is 0.535. The molecule has 1 fully saturated rings. The van der Waals surface area contributed by atoms with Crippen molar-refractivity contribution in [1.29, 1.82) is 0 Å². The topological polar surface area (TPSA) is 158 Å². The molecule has 12 nitrogen and oxygen atoms in total. The fraction of sp³-hybridized carbons (Fsp3) is 0.533. The quantitative estimate of drug-likeness (QED) is 0.374. The Labute approximate surface area is 159 Å². The summed E-state index contributed by atoms with van der Waals surface area (Å²) in [7, 11) is -2.71. The lowest BCUT2D eigenvalue weighted by molar-refractivity contribution is -0.0637. The van der Waals surface area contributed by atoms with Crippen LogP contribution >= 0.6 is 7.60 Å². The highest BCUT2D eigenvalue weighted by atomic mass is 31.2. The van der Waals surface area contributed by atoms with Gasteiger partial charge in [0.1, 0.15) is 24.9 Å². The Bertz CT molecular complexity index is 899. The van der Waals surface area contributed by atoms with Crippen LogP contribution in [0.1, 0.15) is 6.23 Å². The zero-order valence-electron chi connectivity index (χ0n) is 15.1. The van der Waals surface area contributed by atoms with Crippen LogP contribution < -0.4 is 16.6 Å². The number of hydrogen-bond donors (Lipinski definition) is 3. The fourth-order valence-corrected chi connectivity index (χ4v) is 3.34. The van der Waals surface area contributed by atoms with Gasteiger partial charge >= 0.3 is 19.4 Å². The number of amides is 1. The minimum absolute atomic E-state index is 0.0544. The third-order valence-electron chi connectivity index (χ3n) is 3.71. The lowest BCUT2D eigenvalue weighted by atomic mass is 10.1. The van der Waals surface area contributed by atoms with E-state index in [0.29, 0.717) is 0 Å². The van der Waals surface area contributed by atoms with E-state index < -0.39 is 49.5 Å². The van der Waals surface area contributed by atoms with Crippen molar-refractivity contribution in [3.63, 3.8) is 0 Å². The van der Waals surface area contributed by atoms with Crippen LogP contribution in [0.4, 0.5) is 4.79 Å². The summed E-state index contributed by atoms with van der Waals surface area (Å²) in [5.41, 5.74) is -1.39. The second-order valence-corrected chi connectivity index (χ2v) is 7.63. The molecule has 0 radical (unpaired) electrons. The molecular formula is C15H20N3O9P. The van der Waals surface area contributed by atoms with Gasteiger partial charge in [0.15, 0.2) is 6.23 Å². The first-order valence-corrected chi connectivity index (χ1v) is 10.0. The number of hydrogen-bond acceptors (Lipinski definition) is 8. The number of ether oxygens (including phenoxy) is 3. The summed E-state index contributed by atoms with van der Waals surface area (Å²) >= 11 is 0. The molecule has 0 aliphatic carbocycles. The van der Waals surface area contributed by atoms with E-state index in [-0.39, 0.29) is 13.2 Å². The van der Waals surface area contributed by atoms with E-state index in [1.54, 1.807) is 0 Å². The molecule has 2 rings (SSSR count). The van der Waals surface area contributed by atoms with Gasteiger partial charge in [0.2, 0.25) is 0 Å². The maximum atomic E-state index is 12.1. The summed E-state index contributed by atoms with van der Waals surface area (Å²) in [5.74, 6) is 2.20. The lowest BCUT2D eigenvalue weighted by Gasteiger charge is -2.24. The first kappa shape index (κ1) is 21.9. The Morgan fingerprint density at radius 3 is 2.79 bits per heavy atom. The number of carbonyl (C=O) groups is 1. The molecule has 1 aromatic rings. The average molecular weight is 417 g/mol. The predicted octanol–water partition coefficient (Wildman–Crippen LogP) is -0.991. The number of nitrogens with zero attached hydrogens (tertiary/aromatic N) is 1. The molecule has 1 aliphatic heterocycles. The lowest BCUT2D eigenvalue weighted by Crippen LogP contribution is -2.40. The van der Waals surface area contributed by atoms with Gasteiger partial charge in [0.25, 0.3) is 5.56 Å². The van der Waals surface area contributed by atoms with Gasteiger partial charge in [-0.3, -0.25) is 23.4 Å². The van der Waals surface area contributed by atoms with E-state index in [4.69, 9.17) is 25.2 Å². The fourth-order valence-electron chi connectivity index (χ4n) is 2.63. The number of methoxy groups -OCH3 is 1. The Kier molecular flexibility index (Phi) is 7.17. The van der Waals surface area contributed by atoms with E-state index in [1.165, 1.54) is 13.3 Å². The van der Waals surface area contributed by atoms with Crippen molar-refractivity contribution in [2.24, 2.45) is 0 Å². The smallest absolute Gasteiger partial charge is 0.407 e. The molecule has 3 N–H and O–H groups in total. The number of carbonyl (C=O) groups excluding carboxylic acids is 1. The van der Waals surface area contributed by atoms with Crippen molar-refractivity contribution in [3.8, 4) is 12.3 Å². The number of terminal acetylenes is 1. The van der Waals surface area contributed by atoms with Gasteiger partial charge in [-0.25, -0.2) is 9.59 Å². The normalized spacial score (nSPS) is 26.2. The van der Waals surface area contributed by atoms with Gasteiger partial charge in [0, 0.05) is 26.0 Å². The number of H-pyrrole nitrogens is 1. The Balaban J connectivity index is 2.27. The van der Waals surface area contributed by atoms with Crippen molar-refractivity contribution in [1.82, 2.24) is 14.9 Å². The number of alkyl carbamates (subject to hydrolysis) is 1. The molecule has 0 aromatic carbocycles. The molecule has 1 aliphatic rings. The summed E-state index contributed by atoms with van der Waals surface area (Å²) in [4.78, 5) is 46.6. The first-order chi connectivity index (χ1) is 13.2. The highest BCUT2D eigenvalue weighted by molar-refractivity contribution is 7.51. The van der Waals surface area contributed by atoms with E-state index in [2.05, 4.69) is 16.2 Å². The number of aromatic nitrogens is 2. The van der Waals surface area contributed by atoms with Crippen LogP contribution in [0.25, 0.3) is 0 Å². The highest BCUT2D eigenvalue weighted by Crippen LogP contribution is 2.44. The van der Waals surface area contributed by atoms with Crippen LogP contribution in [0, 0.1) is 12.3 Å². The van der Waals surface area contributed by atoms with Gasteiger partial charge in [-0.05, 0) is 0 Å². The maximum Gasteiger partial charge on any atom is 0.407 e. The molecule has 0 saturated carbocycles. The zero-order valence-corrected chi connectivity index (χ0v) is 16.0. The average Bonchev–Trinajstić information content (AvgIpc) is 2.93. The maximum absolute atomic E-state index is 12.1. The summed E-state index contributed by atoms with van der Waals surface area (Å²) in [6, 6.07) is 1.10. The van der Waals surface area contributed by atoms with Crippen LogP contribution in [-0.4, -0.2) is 65.8 Å². The van der Waals surface area contributed by atoms with Crippen molar-refractivity contribution < 1.29 is 33.0 Å². The van der Waals surface area contributed by atoms with Crippen LogP contribution in [-0.2, 0) is 23.3 Å². The SMILES string of the molecule is C#CCNC(=O)OC[C@H]1O[C@@H](n2ccc(=O)[nH]c2=O)[C@@H](OC)C1OP(C)(=O)O. The van der Waals surface area contributed by atoms with Gasteiger partial charge in [-0.2, -0.15) is 0 Å². The number of aromatic amines is 1. The summed E-state index contributed by atoms with van der Waals surface area (Å²) in [6.07, 6.45) is 1.04. The standard InChI is InChI=1S/C15H20N3O9P/c1-4-6-16-15(21)25-8-9-11(27-28(3,22)23)12(24-2)13(26-9)18-7-5-10(19)17-14(18)20/h1,5,7,9,11-13H,6,8H2,2-3H3,(H,16,21)(H,22,23)(H,17,19,20)/t9-,11?,12+,13-/m1/s1. The second-order valence-electron chi connectivity index (χ2n) is 5.81. The van der Waals surface area contributed by atoms with Crippen LogP contribution in [0.5, 0.6) is 0 Å². The largest absolute Gasteiger partial charge is 0.447 e. The molecule has 2 heterocycles. The first-order valence-electron chi connectivity index (χ1n) is 7.98. The van der Waals surface area contributed by atoms with Gasteiger partial charge in [0.05, 0.1) is 6.54 Å². The molecule has 1 saturated heterocycles. The third-order valence-corrected chi connectivity index (χ3v) is 4.35. The molecule has 0 spiro atoms. The highest BCUT2D eigenvalue weighted by Gasteiger charge is 2.49. The van der Waals surface area contributed by atoms with Crippen molar-refractivity contribution >= 4 is 13.7 Å². The van der Waals surface area contributed by atoms with E-state index in [9.17, 15) is 23.8 Å². The van der Waals surface area contributed by atoms with Gasteiger partial charge in [-0.1, -0.05) is 5.92 Å².